The van der Waals surface area contributed by atoms with Crippen molar-refractivity contribution in [1.82, 2.24) is 4.90 Å². The van der Waals surface area contributed by atoms with Crippen LogP contribution in [-0.2, 0) is 11.8 Å². The predicted octanol–water partition coefficient (Wildman–Crippen LogP) is 0.537. The second kappa shape index (κ2) is 3.78. The van der Waals surface area contributed by atoms with Gasteiger partial charge in [0, 0.05) is 11.6 Å². The molecule has 2 aliphatic carbocycles. The van der Waals surface area contributed by atoms with Gasteiger partial charge in [-0.1, -0.05) is 6.07 Å². The van der Waals surface area contributed by atoms with Gasteiger partial charge in [0.2, 0.25) is 0 Å². The van der Waals surface area contributed by atoms with E-state index in [1.54, 1.807) is 6.07 Å². The summed E-state index contributed by atoms with van der Waals surface area (Å²) in [7, 11) is 2.07. The van der Waals surface area contributed by atoms with Crippen LogP contribution >= 0.6 is 0 Å². The van der Waals surface area contributed by atoms with Gasteiger partial charge in [0.1, 0.15) is 6.10 Å². The number of aliphatic hydroxyl groups is 2. The summed E-state index contributed by atoms with van der Waals surface area (Å²) in [5.41, 5.74) is 0.633. The van der Waals surface area contributed by atoms with Crippen molar-refractivity contribution in [2.24, 2.45) is 0 Å². The number of phenols is 1. The lowest BCUT2D eigenvalue weighted by Crippen LogP contribution is -2.76. The van der Waals surface area contributed by atoms with Crippen molar-refractivity contribution in [3.05, 3.63) is 23.3 Å². The van der Waals surface area contributed by atoms with E-state index in [1.165, 1.54) is 0 Å². The molecule has 1 aromatic carbocycles. The monoisotopic (exact) mass is 303 g/mol. The van der Waals surface area contributed by atoms with Crippen molar-refractivity contribution in [3.8, 4) is 11.5 Å². The molecule has 5 heteroatoms. The summed E-state index contributed by atoms with van der Waals surface area (Å²) in [6.45, 7) is 0.869. The lowest BCUT2D eigenvalue weighted by Gasteiger charge is -2.63. The van der Waals surface area contributed by atoms with Crippen LogP contribution in [0, 0.1) is 0 Å². The summed E-state index contributed by atoms with van der Waals surface area (Å²) in [6.07, 6.45) is 1.59. The van der Waals surface area contributed by atoms with Crippen LogP contribution in [-0.4, -0.2) is 57.7 Å². The first kappa shape index (κ1) is 13.2. The third kappa shape index (κ3) is 1.17. The van der Waals surface area contributed by atoms with Crippen LogP contribution in [0.3, 0.4) is 0 Å². The number of nitrogens with zero attached hydrogens (tertiary/aromatic N) is 1. The van der Waals surface area contributed by atoms with Gasteiger partial charge in [-0.15, -0.1) is 0 Å². The zero-order valence-electron chi connectivity index (χ0n) is 12.6. The van der Waals surface area contributed by atoms with Gasteiger partial charge in [-0.2, -0.15) is 0 Å². The highest BCUT2D eigenvalue weighted by atomic mass is 16.5. The summed E-state index contributed by atoms with van der Waals surface area (Å²) < 4.78 is 6.04. The number of aromatic hydroxyl groups is 1. The Labute approximate surface area is 129 Å². The number of benzene rings is 1. The molecule has 4 aliphatic rings. The maximum Gasteiger partial charge on any atom is 0.165 e. The Morgan fingerprint density at radius 2 is 2.14 bits per heavy atom. The molecule has 5 atom stereocenters. The van der Waals surface area contributed by atoms with Gasteiger partial charge >= 0.3 is 0 Å². The van der Waals surface area contributed by atoms with E-state index in [-0.39, 0.29) is 11.8 Å². The van der Waals surface area contributed by atoms with Crippen LogP contribution in [0.25, 0.3) is 0 Å². The van der Waals surface area contributed by atoms with Gasteiger partial charge in [-0.05, 0) is 50.9 Å². The fraction of sp³-hybridized carbons (Fsp3) is 0.647. The second-order valence-electron chi connectivity index (χ2n) is 7.44. The molecule has 0 amide bonds. The van der Waals surface area contributed by atoms with Crippen LogP contribution in [0.15, 0.2) is 12.1 Å². The van der Waals surface area contributed by atoms with E-state index in [1.807, 2.05) is 6.07 Å². The van der Waals surface area contributed by atoms with Gasteiger partial charge in [0.15, 0.2) is 11.5 Å². The Hall–Kier alpha value is -1.30. The Morgan fingerprint density at radius 3 is 2.95 bits per heavy atom. The third-order valence-electron chi connectivity index (χ3n) is 6.70. The molecule has 2 bridgehead atoms. The van der Waals surface area contributed by atoms with E-state index in [9.17, 15) is 15.3 Å². The Kier molecular flexibility index (Phi) is 2.26. The number of likely N-dealkylation sites (tertiary alicyclic amines) is 1. The van der Waals surface area contributed by atoms with Crippen molar-refractivity contribution in [1.29, 1.82) is 0 Å². The standard InChI is InChI=1S/C17H21NO4/c1-18-7-6-16-13-9-2-3-10(19)14(13)22-15(16)11(20)4-5-17(16,21)12(18)8-9/h2-3,11-12,15,19-21H,4-8H2,1H3/t11-,12+,15?,16-,17+/m0/s1. The van der Waals surface area contributed by atoms with Crippen molar-refractivity contribution >= 4 is 0 Å². The molecule has 2 fully saturated rings. The predicted molar refractivity (Wildman–Crippen MR) is 79.1 cm³/mol. The van der Waals surface area contributed by atoms with Crippen LogP contribution in [0.4, 0.5) is 0 Å². The zero-order chi connectivity index (χ0) is 15.3. The first-order chi connectivity index (χ1) is 10.5. The summed E-state index contributed by atoms with van der Waals surface area (Å²) in [4.78, 5) is 2.24. The Bertz CT molecular complexity index is 677. The van der Waals surface area contributed by atoms with Crippen molar-refractivity contribution in [2.45, 2.75) is 54.9 Å². The topological polar surface area (TPSA) is 73.2 Å². The van der Waals surface area contributed by atoms with Gasteiger partial charge in [-0.3, -0.25) is 0 Å². The van der Waals surface area contributed by atoms with Crippen molar-refractivity contribution < 1.29 is 20.1 Å². The van der Waals surface area contributed by atoms with Crippen LogP contribution in [0.1, 0.15) is 30.4 Å². The summed E-state index contributed by atoms with van der Waals surface area (Å²) in [5.74, 6) is 0.610. The molecule has 1 aromatic rings. The molecule has 0 radical (unpaired) electrons. The zero-order valence-corrected chi connectivity index (χ0v) is 12.6. The molecule has 5 nitrogen and oxygen atoms in total. The van der Waals surface area contributed by atoms with E-state index < -0.39 is 23.2 Å². The average molecular weight is 303 g/mol. The Morgan fingerprint density at radius 1 is 1.32 bits per heavy atom. The highest BCUT2D eigenvalue weighted by molar-refractivity contribution is 5.62. The fourth-order valence-corrected chi connectivity index (χ4v) is 5.73. The molecule has 2 aliphatic heterocycles. The number of rotatable bonds is 0. The van der Waals surface area contributed by atoms with Gasteiger partial charge in [0.05, 0.1) is 17.1 Å². The molecule has 1 saturated carbocycles. The number of hydrogen-bond donors (Lipinski definition) is 3. The minimum Gasteiger partial charge on any atom is -0.504 e. The number of phenolic OH excluding ortho intramolecular Hbond substituents is 1. The highest BCUT2D eigenvalue weighted by Gasteiger charge is 2.72. The third-order valence-corrected chi connectivity index (χ3v) is 6.70. The quantitative estimate of drug-likeness (QED) is 0.652. The molecule has 5 rings (SSSR count). The largest absolute Gasteiger partial charge is 0.504 e. The first-order valence-electron chi connectivity index (χ1n) is 8.12. The Balaban J connectivity index is 1.86. The number of piperidine rings is 1. The molecular formula is C17H21NO4. The summed E-state index contributed by atoms with van der Waals surface area (Å²) in [5, 5.41) is 32.4. The molecule has 22 heavy (non-hydrogen) atoms. The molecular weight excluding hydrogens is 282 g/mol. The number of aliphatic hydroxyl groups excluding tert-OH is 1. The highest BCUT2D eigenvalue weighted by Crippen LogP contribution is 2.65. The van der Waals surface area contributed by atoms with Gasteiger partial charge in [0.25, 0.3) is 0 Å². The molecule has 1 unspecified atom stereocenters. The molecule has 1 spiro atoms. The van der Waals surface area contributed by atoms with E-state index in [2.05, 4.69) is 11.9 Å². The normalized spacial score (nSPS) is 45.3. The van der Waals surface area contributed by atoms with E-state index in [4.69, 9.17) is 4.74 Å². The average Bonchev–Trinajstić information content (AvgIpc) is 2.85. The van der Waals surface area contributed by atoms with E-state index in [0.717, 1.165) is 30.5 Å². The SMILES string of the molecule is CN1CC[C@]23c4c5ccc(O)c4OC2[C@@H](O)CC[C@@]3(O)[C@H]1C5. The van der Waals surface area contributed by atoms with Crippen LogP contribution in [0.2, 0.25) is 0 Å². The van der Waals surface area contributed by atoms with Crippen molar-refractivity contribution in [2.75, 3.05) is 13.6 Å². The van der Waals surface area contributed by atoms with E-state index >= 15 is 0 Å². The molecule has 3 N–H and O–H groups in total. The summed E-state index contributed by atoms with van der Waals surface area (Å²) >= 11 is 0. The summed E-state index contributed by atoms with van der Waals surface area (Å²) in [6, 6.07) is 3.67. The molecule has 1 saturated heterocycles. The van der Waals surface area contributed by atoms with Gasteiger partial charge < -0.3 is 25.0 Å². The molecule has 0 aromatic heterocycles. The maximum atomic E-state index is 11.7. The number of ether oxygens (including phenoxy) is 1. The van der Waals surface area contributed by atoms with Crippen LogP contribution < -0.4 is 4.74 Å². The van der Waals surface area contributed by atoms with Crippen LogP contribution in [0.5, 0.6) is 11.5 Å². The van der Waals surface area contributed by atoms with Gasteiger partial charge in [-0.25, -0.2) is 0 Å². The fourth-order valence-electron chi connectivity index (χ4n) is 5.73. The minimum absolute atomic E-state index is 0.0443. The molecule has 118 valence electrons. The lowest BCUT2D eigenvalue weighted by molar-refractivity contribution is -0.204. The number of likely N-dealkylation sites (N-methyl/N-ethyl adjacent to an activating group) is 1. The lowest BCUT2D eigenvalue weighted by atomic mass is 9.49. The molecule has 2 heterocycles. The first-order valence-corrected chi connectivity index (χ1v) is 8.12. The maximum absolute atomic E-state index is 11.7. The second-order valence-corrected chi connectivity index (χ2v) is 7.44. The minimum atomic E-state index is -0.893. The van der Waals surface area contributed by atoms with E-state index in [0.29, 0.717) is 18.6 Å². The number of hydrogen-bond acceptors (Lipinski definition) is 5. The van der Waals surface area contributed by atoms with Crippen molar-refractivity contribution in [3.63, 3.8) is 0 Å². The smallest absolute Gasteiger partial charge is 0.165 e.